The zero-order valence-corrected chi connectivity index (χ0v) is 17.6. The molecule has 2 aromatic heterocycles. The van der Waals surface area contributed by atoms with E-state index in [2.05, 4.69) is 4.98 Å². The third-order valence-corrected chi connectivity index (χ3v) is 5.25. The Bertz CT molecular complexity index is 1420. The van der Waals surface area contributed by atoms with Gasteiger partial charge in [0, 0.05) is 18.2 Å². The maximum atomic E-state index is 14.2. The normalized spacial score (nSPS) is 11.6. The first kappa shape index (κ1) is 21.6. The second-order valence-corrected chi connectivity index (χ2v) is 8.02. The summed E-state index contributed by atoms with van der Waals surface area (Å²) >= 11 is 0. The van der Waals surface area contributed by atoms with Crippen molar-refractivity contribution in [1.82, 2.24) is 18.7 Å². The number of imidazole rings is 1. The molecule has 9 heteroatoms. The van der Waals surface area contributed by atoms with E-state index in [-0.39, 0.29) is 41.4 Å². The van der Waals surface area contributed by atoms with Crippen molar-refractivity contribution in [2.45, 2.75) is 33.4 Å². The van der Waals surface area contributed by atoms with Crippen LogP contribution in [0.3, 0.4) is 0 Å². The lowest BCUT2D eigenvalue weighted by Gasteiger charge is -2.14. The molecule has 0 amide bonds. The van der Waals surface area contributed by atoms with Crippen LogP contribution in [0.1, 0.15) is 25.8 Å². The first-order valence-electron chi connectivity index (χ1n) is 10.2. The fraction of sp³-hybridized carbons (Fsp3) is 0.261. The van der Waals surface area contributed by atoms with Gasteiger partial charge in [-0.05, 0) is 36.6 Å². The third-order valence-electron chi connectivity index (χ3n) is 5.25. The van der Waals surface area contributed by atoms with E-state index >= 15 is 0 Å². The van der Waals surface area contributed by atoms with Gasteiger partial charge in [0.25, 0.3) is 5.56 Å². The van der Waals surface area contributed by atoms with Crippen LogP contribution in [0.25, 0.3) is 16.9 Å². The summed E-state index contributed by atoms with van der Waals surface area (Å²) in [5, 5.41) is 0. The van der Waals surface area contributed by atoms with E-state index in [1.807, 2.05) is 13.8 Å². The van der Waals surface area contributed by atoms with Crippen LogP contribution >= 0.6 is 0 Å². The molecule has 0 aliphatic carbocycles. The lowest BCUT2D eigenvalue weighted by molar-refractivity contribution is 0.491. The summed E-state index contributed by atoms with van der Waals surface area (Å²) in [6.07, 6.45) is 1.89. The van der Waals surface area contributed by atoms with Gasteiger partial charge in [-0.2, -0.15) is 0 Å². The monoisotopic (exact) mass is 442 g/mol. The van der Waals surface area contributed by atoms with Gasteiger partial charge in [0.15, 0.2) is 11.2 Å². The first-order chi connectivity index (χ1) is 15.3. The summed E-state index contributed by atoms with van der Waals surface area (Å²) in [5.41, 5.74) is -0.723. The standard InChI is InChI=1S/C23H21F3N4O2/c1-14(2)8-9-29-22(31)20-21(30(23(29)32)18-5-3-4-16(24)10-18)27-13-28(20)12-15-6-7-17(25)11-19(15)26/h3-7,10-11,13-14H,8-9,12H2,1-2H3. The molecule has 0 radical (unpaired) electrons. The van der Waals surface area contributed by atoms with Crippen LogP contribution in [0.15, 0.2) is 58.4 Å². The minimum Gasteiger partial charge on any atom is -0.320 e. The molecule has 0 fully saturated rings. The summed E-state index contributed by atoms with van der Waals surface area (Å²) in [6, 6.07) is 8.60. The maximum absolute atomic E-state index is 14.2. The van der Waals surface area contributed by atoms with Crippen LogP contribution < -0.4 is 11.2 Å². The highest BCUT2D eigenvalue weighted by Crippen LogP contribution is 2.17. The minimum atomic E-state index is -0.759. The van der Waals surface area contributed by atoms with E-state index in [1.165, 1.54) is 39.7 Å². The molecule has 0 saturated carbocycles. The van der Waals surface area contributed by atoms with Gasteiger partial charge >= 0.3 is 5.69 Å². The van der Waals surface area contributed by atoms with Crippen molar-refractivity contribution in [3.05, 3.63) is 92.6 Å². The van der Waals surface area contributed by atoms with E-state index in [4.69, 9.17) is 0 Å². The van der Waals surface area contributed by atoms with Gasteiger partial charge in [0.1, 0.15) is 17.5 Å². The van der Waals surface area contributed by atoms with Crippen molar-refractivity contribution in [3.63, 3.8) is 0 Å². The zero-order valence-electron chi connectivity index (χ0n) is 17.6. The molecule has 166 valence electrons. The number of nitrogens with zero attached hydrogens (tertiary/aromatic N) is 4. The molecule has 0 bridgehead atoms. The number of fused-ring (bicyclic) bond motifs is 1. The molecule has 0 N–H and O–H groups in total. The van der Waals surface area contributed by atoms with E-state index in [1.54, 1.807) is 6.07 Å². The molecule has 4 aromatic rings. The Morgan fingerprint density at radius 2 is 1.75 bits per heavy atom. The fourth-order valence-corrected chi connectivity index (χ4v) is 3.57. The number of rotatable bonds is 6. The first-order valence-corrected chi connectivity index (χ1v) is 10.2. The van der Waals surface area contributed by atoms with Crippen molar-refractivity contribution in [2.24, 2.45) is 5.92 Å². The Labute approximate surface area is 181 Å². The van der Waals surface area contributed by atoms with Crippen LogP contribution in [0.2, 0.25) is 0 Å². The van der Waals surface area contributed by atoms with Gasteiger partial charge in [0.2, 0.25) is 0 Å². The number of hydrogen-bond donors (Lipinski definition) is 0. The Kier molecular flexibility index (Phi) is 5.73. The van der Waals surface area contributed by atoms with E-state index in [0.29, 0.717) is 6.42 Å². The molecule has 0 aliphatic heterocycles. The predicted octanol–water partition coefficient (Wildman–Crippen LogP) is 3.86. The van der Waals surface area contributed by atoms with Gasteiger partial charge in [0.05, 0.1) is 18.6 Å². The van der Waals surface area contributed by atoms with Gasteiger partial charge in [-0.15, -0.1) is 0 Å². The molecule has 6 nitrogen and oxygen atoms in total. The highest BCUT2D eigenvalue weighted by atomic mass is 19.1. The number of aromatic nitrogens is 4. The highest BCUT2D eigenvalue weighted by molar-refractivity contribution is 5.72. The zero-order chi connectivity index (χ0) is 23.0. The van der Waals surface area contributed by atoms with E-state index in [9.17, 15) is 22.8 Å². The Morgan fingerprint density at radius 1 is 1.00 bits per heavy atom. The molecule has 4 rings (SSSR count). The molecule has 0 saturated heterocycles. The Balaban J connectivity index is 1.97. The number of halogens is 3. The fourth-order valence-electron chi connectivity index (χ4n) is 3.57. The summed E-state index contributed by atoms with van der Waals surface area (Å²) in [6.45, 7) is 4.01. The average molecular weight is 442 g/mol. The lowest BCUT2D eigenvalue weighted by Crippen LogP contribution is -2.40. The van der Waals surface area contributed by atoms with E-state index in [0.717, 1.165) is 16.7 Å². The van der Waals surface area contributed by atoms with Crippen molar-refractivity contribution < 1.29 is 13.2 Å². The molecule has 0 atom stereocenters. The largest absolute Gasteiger partial charge is 0.337 e. The SMILES string of the molecule is CC(C)CCn1c(=O)c2c(ncn2Cc2ccc(F)cc2F)n(-c2cccc(F)c2)c1=O. The minimum absolute atomic E-state index is 0.0360. The van der Waals surface area contributed by atoms with E-state index < -0.39 is 28.7 Å². The molecule has 0 spiro atoms. The van der Waals surface area contributed by atoms with Crippen molar-refractivity contribution in [1.29, 1.82) is 0 Å². The molecule has 0 aliphatic rings. The van der Waals surface area contributed by atoms with Crippen LogP contribution in [-0.2, 0) is 13.1 Å². The van der Waals surface area contributed by atoms with Crippen LogP contribution in [0, 0.1) is 23.4 Å². The van der Waals surface area contributed by atoms with Crippen LogP contribution in [0.5, 0.6) is 0 Å². The Morgan fingerprint density at radius 3 is 2.44 bits per heavy atom. The molecular formula is C23H21F3N4O2. The average Bonchev–Trinajstić information content (AvgIpc) is 3.13. The molecule has 32 heavy (non-hydrogen) atoms. The van der Waals surface area contributed by atoms with Crippen molar-refractivity contribution in [3.8, 4) is 5.69 Å². The van der Waals surface area contributed by atoms with Crippen molar-refractivity contribution >= 4 is 11.2 Å². The van der Waals surface area contributed by atoms with Gasteiger partial charge in [-0.1, -0.05) is 26.0 Å². The number of benzene rings is 2. The van der Waals surface area contributed by atoms with Gasteiger partial charge < -0.3 is 4.57 Å². The van der Waals surface area contributed by atoms with Gasteiger partial charge in [-0.25, -0.2) is 27.5 Å². The second kappa shape index (κ2) is 8.49. The van der Waals surface area contributed by atoms with Crippen molar-refractivity contribution in [2.75, 3.05) is 0 Å². The molecule has 2 aromatic carbocycles. The summed E-state index contributed by atoms with van der Waals surface area (Å²) < 4.78 is 45.1. The molecular weight excluding hydrogens is 421 g/mol. The van der Waals surface area contributed by atoms with Crippen LogP contribution in [-0.4, -0.2) is 18.7 Å². The quantitative estimate of drug-likeness (QED) is 0.456. The molecule has 0 unspecified atom stereocenters. The Hall–Kier alpha value is -3.62. The topological polar surface area (TPSA) is 61.8 Å². The highest BCUT2D eigenvalue weighted by Gasteiger charge is 2.20. The van der Waals surface area contributed by atoms with Crippen LogP contribution in [0.4, 0.5) is 13.2 Å². The lowest BCUT2D eigenvalue weighted by atomic mass is 10.1. The third kappa shape index (κ3) is 3.98. The van der Waals surface area contributed by atoms with Gasteiger partial charge in [-0.3, -0.25) is 9.36 Å². The summed E-state index contributed by atoms with van der Waals surface area (Å²) in [7, 11) is 0. The summed E-state index contributed by atoms with van der Waals surface area (Å²) in [5.74, 6) is -1.78. The summed E-state index contributed by atoms with van der Waals surface area (Å²) in [4.78, 5) is 30.7. The smallest absolute Gasteiger partial charge is 0.320 e. The molecule has 2 heterocycles. The number of hydrogen-bond acceptors (Lipinski definition) is 3. The predicted molar refractivity (Wildman–Crippen MR) is 114 cm³/mol. The maximum Gasteiger partial charge on any atom is 0.337 e. The second-order valence-electron chi connectivity index (χ2n) is 8.02.